The lowest BCUT2D eigenvalue weighted by molar-refractivity contribution is 0.0902. The summed E-state index contributed by atoms with van der Waals surface area (Å²) in [5, 5.41) is 5.67. The zero-order chi connectivity index (χ0) is 17.3. The van der Waals surface area contributed by atoms with Gasteiger partial charge in [-0.05, 0) is 46.3 Å². The van der Waals surface area contributed by atoms with Crippen LogP contribution in [0.5, 0.6) is 0 Å². The Hall–Kier alpha value is -2.21. The van der Waals surface area contributed by atoms with Gasteiger partial charge in [-0.1, -0.05) is 79.9 Å². The summed E-state index contributed by atoms with van der Waals surface area (Å²) in [7, 11) is 0. The predicted molar refractivity (Wildman–Crippen MR) is 108 cm³/mol. The molecule has 0 saturated carbocycles. The first kappa shape index (κ1) is 17.6. The van der Waals surface area contributed by atoms with Crippen molar-refractivity contribution in [2.75, 3.05) is 6.61 Å². The SMILES string of the molecule is CCCCOC(C#CSc1ccccc1)c1cccc2ccccc12. The van der Waals surface area contributed by atoms with Crippen LogP contribution in [0.1, 0.15) is 31.4 Å². The van der Waals surface area contributed by atoms with Gasteiger partial charge in [-0.15, -0.1) is 0 Å². The van der Waals surface area contributed by atoms with Crippen molar-refractivity contribution >= 4 is 22.5 Å². The molecule has 0 aliphatic heterocycles. The number of thioether (sulfide) groups is 1. The van der Waals surface area contributed by atoms with Gasteiger partial charge in [0.1, 0.15) is 6.10 Å². The molecule has 1 unspecified atom stereocenters. The second-order valence-electron chi connectivity index (χ2n) is 5.83. The van der Waals surface area contributed by atoms with E-state index in [2.05, 4.69) is 72.7 Å². The molecule has 1 nitrogen and oxygen atoms in total. The third kappa shape index (κ3) is 4.89. The fourth-order valence-electron chi connectivity index (χ4n) is 2.66. The highest BCUT2D eigenvalue weighted by Gasteiger charge is 2.12. The molecule has 0 saturated heterocycles. The van der Waals surface area contributed by atoms with E-state index in [4.69, 9.17) is 4.74 Å². The maximum absolute atomic E-state index is 6.13. The first-order chi connectivity index (χ1) is 12.4. The van der Waals surface area contributed by atoms with E-state index in [-0.39, 0.29) is 6.10 Å². The maximum atomic E-state index is 6.13. The van der Waals surface area contributed by atoms with Crippen LogP contribution in [-0.2, 0) is 4.74 Å². The lowest BCUT2D eigenvalue weighted by Gasteiger charge is -2.15. The average molecular weight is 346 g/mol. The standard InChI is InChI=1S/C23H22OS/c1-2-3-17-24-23(16-18-25-20-12-5-4-6-13-20)22-15-9-11-19-10-7-8-14-21(19)22/h4-15,23H,2-3,17H2,1H3. The van der Waals surface area contributed by atoms with Crippen LogP contribution >= 0.6 is 11.8 Å². The monoisotopic (exact) mass is 346 g/mol. The lowest BCUT2D eigenvalue weighted by atomic mass is 10.0. The zero-order valence-corrected chi connectivity index (χ0v) is 15.3. The Morgan fingerprint density at radius 3 is 2.52 bits per heavy atom. The Morgan fingerprint density at radius 2 is 1.68 bits per heavy atom. The highest BCUT2D eigenvalue weighted by molar-refractivity contribution is 8.03. The van der Waals surface area contributed by atoms with Crippen molar-refractivity contribution in [1.29, 1.82) is 0 Å². The van der Waals surface area contributed by atoms with Crippen molar-refractivity contribution in [1.82, 2.24) is 0 Å². The molecule has 3 aromatic carbocycles. The van der Waals surface area contributed by atoms with E-state index in [1.165, 1.54) is 10.8 Å². The molecule has 0 heterocycles. The van der Waals surface area contributed by atoms with Crippen molar-refractivity contribution in [2.24, 2.45) is 0 Å². The normalized spacial score (nSPS) is 11.7. The topological polar surface area (TPSA) is 9.23 Å². The first-order valence-corrected chi connectivity index (χ1v) is 9.52. The van der Waals surface area contributed by atoms with Gasteiger partial charge in [0.25, 0.3) is 0 Å². The van der Waals surface area contributed by atoms with Gasteiger partial charge >= 0.3 is 0 Å². The Labute approximate surface area is 154 Å². The minimum absolute atomic E-state index is 0.200. The molecular weight excluding hydrogens is 324 g/mol. The Balaban J connectivity index is 1.86. The Kier molecular flexibility index (Phi) is 6.56. The number of fused-ring (bicyclic) bond motifs is 1. The van der Waals surface area contributed by atoms with Gasteiger partial charge in [0.2, 0.25) is 0 Å². The number of rotatable bonds is 6. The fraction of sp³-hybridized carbons (Fsp3) is 0.217. The summed E-state index contributed by atoms with van der Waals surface area (Å²) in [5.74, 6) is 3.33. The van der Waals surface area contributed by atoms with E-state index in [1.54, 1.807) is 11.8 Å². The average Bonchev–Trinajstić information content (AvgIpc) is 2.67. The molecule has 3 aromatic rings. The Bertz CT molecular complexity index is 856. The molecule has 0 aliphatic carbocycles. The molecule has 0 fully saturated rings. The van der Waals surface area contributed by atoms with E-state index < -0.39 is 0 Å². The lowest BCUT2D eigenvalue weighted by Crippen LogP contribution is -2.04. The second kappa shape index (κ2) is 9.32. The third-order valence-corrected chi connectivity index (χ3v) is 4.72. The zero-order valence-electron chi connectivity index (χ0n) is 14.4. The molecule has 0 radical (unpaired) electrons. The molecule has 126 valence electrons. The summed E-state index contributed by atoms with van der Waals surface area (Å²) >= 11 is 1.55. The van der Waals surface area contributed by atoms with Crippen LogP contribution in [0.2, 0.25) is 0 Å². The minimum atomic E-state index is -0.200. The molecule has 1 atom stereocenters. The van der Waals surface area contributed by atoms with Crippen molar-refractivity contribution in [3.05, 3.63) is 78.4 Å². The van der Waals surface area contributed by atoms with Gasteiger partial charge in [-0.25, -0.2) is 0 Å². The Morgan fingerprint density at radius 1 is 0.920 bits per heavy atom. The van der Waals surface area contributed by atoms with Crippen LogP contribution in [0.3, 0.4) is 0 Å². The number of ether oxygens (including phenoxy) is 1. The van der Waals surface area contributed by atoms with Crippen LogP contribution in [0.4, 0.5) is 0 Å². The highest BCUT2D eigenvalue weighted by Crippen LogP contribution is 2.27. The van der Waals surface area contributed by atoms with E-state index in [0.717, 1.165) is 29.9 Å². The van der Waals surface area contributed by atoms with Crippen LogP contribution in [0, 0.1) is 11.2 Å². The van der Waals surface area contributed by atoms with Gasteiger partial charge in [0.15, 0.2) is 0 Å². The minimum Gasteiger partial charge on any atom is -0.361 e. The maximum Gasteiger partial charge on any atom is 0.144 e. The number of benzene rings is 3. The summed E-state index contributed by atoms with van der Waals surface area (Å²) in [6.07, 6.45) is 1.97. The van der Waals surface area contributed by atoms with E-state index >= 15 is 0 Å². The second-order valence-corrected chi connectivity index (χ2v) is 6.71. The van der Waals surface area contributed by atoms with Crippen molar-refractivity contribution < 1.29 is 4.74 Å². The molecule has 0 N–H and O–H groups in total. The van der Waals surface area contributed by atoms with Crippen LogP contribution < -0.4 is 0 Å². The molecule has 0 aromatic heterocycles. The third-order valence-electron chi connectivity index (χ3n) is 3.99. The van der Waals surface area contributed by atoms with E-state index in [9.17, 15) is 0 Å². The summed E-state index contributed by atoms with van der Waals surface area (Å²) in [4.78, 5) is 1.15. The molecule has 0 spiro atoms. The predicted octanol–water partition coefficient (Wildman–Crippen LogP) is 6.45. The molecule has 0 amide bonds. The fourth-order valence-corrected chi connectivity index (χ4v) is 3.24. The quantitative estimate of drug-likeness (QED) is 0.288. The number of unbranched alkanes of at least 4 members (excludes halogenated alkanes) is 1. The number of hydrogen-bond acceptors (Lipinski definition) is 2. The summed E-state index contributed by atoms with van der Waals surface area (Å²) in [6, 6.07) is 25.0. The molecule has 0 bridgehead atoms. The molecule has 3 rings (SSSR count). The summed E-state index contributed by atoms with van der Waals surface area (Å²) in [6.45, 7) is 2.91. The van der Waals surface area contributed by atoms with Gasteiger partial charge in [-0.2, -0.15) is 0 Å². The molecule has 25 heavy (non-hydrogen) atoms. The van der Waals surface area contributed by atoms with E-state index in [1.807, 2.05) is 18.2 Å². The smallest absolute Gasteiger partial charge is 0.144 e. The van der Waals surface area contributed by atoms with Crippen LogP contribution in [-0.4, -0.2) is 6.61 Å². The number of hydrogen-bond donors (Lipinski definition) is 0. The van der Waals surface area contributed by atoms with Gasteiger partial charge in [-0.3, -0.25) is 0 Å². The highest BCUT2D eigenvalue weighted by atomic mass is 32.2. The molecular formula is C23H22OS. The van der Waals surface area contributed by atoms with Crippen molar-refractivity contribution in [3.63, 3.8) is 0 Å². The van der Waals surface area contributed by atoms with E-state index in [0.29, 0.717) is 0 Å². The van der Waals surface area contributed by atoms with Crippen LogP contribution in [0.15, 0.2) is 77.7 Å². The molecule has 2 heteroatoms. The molecule has 0 aliphatic rings. The van der Waals surface area contributed by atoms with Gasteiger partial charge in [0.05, 0.1) is 0 Å². The largest absolute Gasteiger partial charge is 0.361 e. The van der Waals surface area contributed by atoms with Gasteiger partial charge < -0.3 is 4.74 Å². The van der Waals surface area contributed by atoms with Crippen molar-refractivity contribution in [2.45, 2.75) is 30.8 Å². The van der Waals surface area contributed by atoms with Crippen molar-refractivity contribution in [3.8, 4) is 11.2 Å². The first-order valence-electron chi connectivity index (χ1n) is 8.70. The summed E-state index contributed by atoms with van der Waals surface area (Å²) < 4.78 is 6.13. The van der Waals surface area contributed by atoms with Gasteiger partial charge in [0, 0.05) is 17.1 Å². The van der Waals surface area contributed by atoms with Crippen LogP contribution in [0.25, 0.3) is 10.8 Å². The summed E-state index contributed by atoms with van der Waals surface area (Å²) in [5.41, 5.74) is 1.15.